The summed E-state index contributed by atoms with van der Waals surface area (Å²) in [6, 6.07) is 10.6. The topological polar surface area (TPSA) is 0 Å². The summed E-state index contributed by atoms with van der Waals surface area (Å²) in [5.74, 6) is 0.492. The van der Waals surface area contributed by atoms with Crippen molar-refractivity contribution >= 4 is 0 Å². The number of hydrogen-bond acceptors (Lipinski definition) is 0. The minimum Gasteiger partial charge on any atom is -0.0991 e. The highest BCUT2D eigenvalue weighted by Crippen LogP contribution is 2.38. The third kappa shape index (κ3) is 2.76. The second-order valence-corrected chi connectivity index (χ2v) is 4.84. The summed E-state index contributed by atoms with van der Waals surface area (Å²) in [5.41, 5.74) is 2.41. The molecule has 0 saturated carbocycles. The fourth-order valence-corrected chi connectivity index (χ4v) is 2.03. The lowest BCUT2D eigenvalue weighted by atomic mass is 9.68. The van der Waals surface area contributed by atoms with E-state index in [1.165, 1.54) is 5.56 Å². The van der Waals surface area contributed by atoms with Crippen LogP contribution >= 0.6 is 0 Å². The maximum Gasteiger partial charge on any atom is 0.0191 e. The zero-order chi connectivity index (χ0) is 12.9. The van der Waals surface area contributed by atoms with Crippen LogP contribution in [0.2, 0.25) is 0 Å². The van der Waals surface area contributed by atoms with Gasteiger partial charge < -0.3 is 0 Å². The number of rotatable bonds is 5. The van der Waals surface area contributed by atoms with E-state index in [9.17, 15) is 0 Å². The summed E-state index contributed by atoms with van der Waals surface area (Å²) < 4.78 is 0. The van der Waals surface area contributed by atoms with E-state index in [2.05, 4.69) is 64.3 Å². The molecule has 17 heavy (non-hydrogen) atoms. The van der Waals surface area contributed by atoms with Crippen molar-refractivity contribution in [3.05, 3.63) is 72.9 Å². The molecule has 90 valence electrons. The molecule has 0 N–H and O–H groups in total. The van der Waals surface area contributed by atoms with Gasteiger partial charge in [0, 0.05) is 5.41 Å². The molecule has 1 aromatic carbocycles. The summed E-state index contributed by atoms with van der Waals surface area (Å²) in [5, 5.41) is 0. The number of hydrogen-bond donors (Lipinski definition) is 0. The molecule has 0 aliphatic heterocycles. The normalized spacial score (nSPS) is 14.8. The van der Waals surface area contributed by atoms with E-state index in [1.807, 2.05) is 12.1 Å². The summed E-state index contributed by atoms with van der Waals surface area (Å²) in [6.07, 6.45) is 5.79. The largest absolute Gasteiger partial charge is 0.0991 e. The molecule has 0 nitrogen and oxygen atoms in total. The van der Waals surface area contributed by atoms with Gasteiger partial charge in [-0.1, -0.05) is 82.5 Å². The first-order chi connectivity index (χ1) is 8.03. The van der Waals surface area contributed by atoms with Gasteiger partial charge in [-0.25, -0.2) is 0 Å². The van der Waals surface area contributed by atoms with Crippen LogP contribution in [0.25, 0.3) is 0 Å². The van der Waals surface area contributed by atoms with Crippen LogP contribution in [0.3, 0.4) is 0 Å². The molecular weight excluding hydrogens is 204 g/mol. The molecule has 0 heteroatoms. The Kier molecular flexibility index (Phi) is 4.51. The van der Waals surface area contributed by atoms with Crippen LogP contribution in [0.1, 0.15) is 26.3 Å². The predicted octanol–water partition coefficient (Wildman–Crippen LogP) is 4.90. The van der Waals surface area contributed by atoms with Gasteiger partial charge in [-0.15, -0.1) is 0 Å². The highest BCUT2D eigenvalue weighted by molar-refractivity contribution is 5.40. The zero-order valence-electron chi connectivity index (χ0n) is 11.1. The second kappa shape index (κ2) is 5.67. The van der Waals surface area contributed by atoms with E-state index in [0.717, 1.165) is 5.57 Å². The highest BCUT2D eigenvalue weighted by Gasteiger charge is 2.31. The summed E-state index contributed by atoms with van der Waals surface area (Å²) >= 11 is 0. The van der Waals surface area contributed by atoms with Crippen molar-refractivity contribution < 1.29 is 0 Å². The first kappa shape index (κ1) is 13.5. The Balaban J connectivity index is 3.19. The van der Waals surface area contributed by atoms with Gasteiger partial charge in [-0.05, 0) is 17.1 Å². The van der Waals surface area contributed by atoms with Crippen LogP contribution < -0.4 is 0 Å². The molecular formula is C17H22. The van der Waals surface area contributed by atoms with Crippen LogP contribution in [0, 0.1) is 5.92 Å². The molecule has 1 rings (SSSR count). The Labute approximate surface area is 105 Å². The van der Waals surface area contributed by atoms with Crippen LogP contribution in [0.15, 0.2) is 67.3 Å². The Morgan fingerprint density at radius 3 is 2.29 bits per heavy atom. The lowest BCUT2D eigenvalue weighted by molar-refractivity contribution is 0.405. The van der Waals surface area contributed by atoms with Gasteiger partial charge in [-0.3, -0.25) is 0 Å². The molecule has 0 fully saturated rings. The minimum absolute atomic E-state index is 0.0270. The fourth-order valence-electron chi connectivity index (χ4n) is 2.03. The monoisotopic (exact) mass is 226 g/mol. The van der Waals surface area contributed by atoms with Crippen molar-refractivity contribution in [3.63, 3.8) is 0 Å². The van der Waals surface area contributed by atoms with Gasteiger partial charge in [0.2, 0.25) is 0 Å². The molecule has 0 saturated heterocycles. The summed E-state index contributed by atoms with van der Waals surface area (Å²) in [7, 11) is 0. The van der Waals surface area contributed by atoms with Crippen molar-refractivity contribution in [2.24, 2.45) is 5.92 Å². The third-order valence-corrected chi connectivity index (χ3v) is 3.63. The quantitative estimate of drug-likeness (QED) is 0.626. The van der Waals surface area contributed by atoms with Crippen molar-refractivity contribution in [2.45, 2.75) is 26.2 Å². The SMILES string of the molecule is C=C/C=C\C(=C)C(C)(c1ccccc1)C(C)C. The molecule has 0 heterocycles. The Hall–Kier alpha value is -1.56. The molecule has 1 unspecified atom stereocenters. The number of allylic oxidation sites excluding steroid dienone is 4. The van der Waals surface area contributed by atoms with Crippen molar-refractivity contribution in [2.75, 3.05) is 0 Å². The molecule has 0 bridgehead atoms. The maximum atomic E-state index is 4.23. The smallest absolute Gasteiger partial charge is 0.0191 e. The standard InChI is InChI=1S/C17H22/c1-6-7-11-15(4)17(5,14(2)3)16-12-9-8-10-13-16/h6-14H,1,4H2,2-3,5H3/b11-7-. The van der Waals surface area contributed by atoms with Crippen LogP contribution in [-0.2, 0) is 5.41 Å². The molecule has 1 aromatic rings. The Bertz CT molecular complexity index is 409. The van der Waals surface area contributed by atoms with Crippen molar-refractivity contribution in [3.8, 4) is 0 Å². The molecule has 0 aliphatic rings. The van der Waals surface area contributed by atoms with Crippen molar-refractivity contribution in [1.82, 2.24) is 0 Å². The van der Waals surface area contributed by atoms with E-state index in [-0.39, 0.29) is 5.41 Å². The van der Waals surface area contributed by atoms with Gasteiger partial charge >= 0.3 is 0 Å². The number of benzene rings is 1. The molecule has 1 atom stereocenters. The van der Waals surface area contributed by atoms with E-state index in [4.69, 9.17) is 0 Å². The minimum atomic E-state index is -0.0270. The highest BCUT2D eigenvalue weighted by atomic mass is 14.3. The fraction of sp³-hybridized carbons (Fsp3) is 0.294. The van der Waals surface area contributed by atoms with Gasteiger partial charge in [0.15, 0.2) is 0 Å². The molecule has 0 aromatic heterocycles. The second-order valence-electron chi connectivity index (χ2n) is 4.84. The van der Waals surface area contributed by atoms with E-state index >= 15 is 0 Å². The maximum absolute atomic E-state index is 4.23. The van der Waals surface area contributed by atoms with Gasteiger partial charge in [0.05, 0.1) is 0 Å². The zero-order valence-corrected chi connectivity index (χ0v) is 11.1. The first-order valence-electron chi connectivity index (χ1n) is 6.07. The van der Waals surface area contributed by atoms with Crippen LogP contribution in [-0.4, -0.2) is 0 Å². The molecule has 0 spiro atoms. The predicted molar refractivity (Wildman–Crippen MR) is 77.1 cm³/mol. The Morgan fingerprint density at radius 1 is 1.24 bits per heavy atom. The summed E-state index contributed by atoms with van der Waals surface area (Å²) in [6.45, 7) is 14.7. The molecule has 0 amide bonds. The van der Waals surface area contributed by atoms with Crippen LogP contribution in [0.5, 0.6) is 0 Å². The average Bonchev–Trinajstić information content (AvgIpc) is 2.35. The lowest BCUT2D eigenvalue weighted by Gasteiger charge is -2.35. The van der Waals surface area contributed by atoms with Gasteiger partial charge in [0.1, 0.15) is 0 Å². The van der Waals surface area contributed by atoms with E-state index in [0.29, 0.717) is 5.92 Å². The van der Waals surface area contributed by atoms with Crippen molar-refractivity contribution in [1.29, 1.82) is 0 Å². The van der Waals surface area contributed by atoms with Gasteiger partial charge in [-0.2, -0.15) is 0 Å². The Morgan fingerprint density at radius 2 is 1.82 bits per heavy atom. The lowest BCUT2D eigenvalue weighted by Crippen LogP contribution is -2.30. The average molecular weight is 226 g/mol. The third-order valence-electron chi connectivity index (χ3n) is 3.63. The van der Waals surface area contributed by atoms with E-state index < -0.39 is 0 Å². The molecule has 0 radical (unpaired) electrons. The van der Waals surface area contributed by atoms with E-state index in [1.54, 1.807) is 6.08 Å². The van der Waals surface area contributed by atoms with Gasteiger partial charge in [0.25, 0.3) is 0 Å². The summed E-state index contributed by atoms with van der Waals surface area (Å²) in [4.78, 5) is 0. The first-order valence-corrected chi connectivity index (χ1v) is 6.07. The van der Waals surface area contributed by atoms with Crippen LogP contribution in [0.4, 0.5) is 0 Å². The molecule has 0 aliphatic carbocycles.